The second kappa shape index (κ2) is 9.01. The fraction of sp³-hybridized carbons (Fsp3) is 0.238. The number of thioether (sulfide) groups is 1. The summed E-state index contributed by atoms with van der Waals surface area (Å²) in [6, 6.07) is 10.8. The topological polar surface area (TPSA) is 40.6 Å². The van der Waals surface area contributed by atoms with Crippen LogP contribution in [0.4, 0.5) is 8.78 Å². The van der Waals surface area contributed by atoms with Crippen LogP contribution in [0.2, 0.25) is 0 Å². The van der Waals surface area contributed by atoms with Crippen molar-refractivity contribution in [2.45, 2.75) is 4.90 Å². The molecule has 4 nitrogen and oxygen atoms in total. The van der Waals surface area contributed by atoms with Gasteiger partial charge in [0, 0.05) is 43.2 Å². The van der Waals surface area contributed by atoms with Crippen molar-refractivity contribution in [2.24, 2.45) is 0 Å². The minimum atomic E-state index is -0.876. The van der Waals surface area contributed by atoms with Gasteiger partial charge >= 0.3 is 0 Å². The summed E-state index contributed by atoms with van der Waals surface area (Å²) in [5.74, 6) is -2.22. The van der Waals surface area contributed by atoms with Crippen LogP contribution in [0.25, 0.3) is 6.08 Å². The van der Waals surface area contributed by atoms with Gasteiger partial charge in [0.05, 0.1) is 5.56 Å². The highest BCUT2D eigenvalue weighted by Gasteiger charge is 2.25. The molecule has 1 heterocycles. The Kier molecular flexibility index (Phi) is 6.46. The number of rotatable bonds is 4. The zero-order chi connectivity index (χ0) is 20.1. The van der Waals surface area contributed by atoms with E-state index in [1.54, 1.807) is 22.7 Å². The van der Waals surface area contributed by atoms with Gasteiger partial charge in [0.15, 0.2) is 0 Å². The Balaban J connectivity index is 1.56. The first-order valence-electron chi connectivity index (χ1n) is 8.83. The van der Waals surface area contributed by atoms with Crippen molar-refractivity contribution < 1.29 is 18.4 Å². The molecule has 0 unspecified atom stereocenters. The zero-order valence-corrected chi connectivity index (χ0v) is 16.2. The van der Waals surface area contributed by atoms with E-state index in [1.165, 1.54) is 11.0 Å². The summed E-state index contributed by atoms with van der Waals surface area (Å²) in [6.45, 7) is 1.33. The number of hydrogen-bond acceptors (Lipinski definition) is 3. The normalized spacial score (nSPS) is 14.5. The summed E-state index contributed by atoms with van der Waals surface area (Å²) >= 11 is 1.65. The van der Waals surface area contributed by atoms with E-state index in [1.807, 2.05) is 30.5 Å². The maximum absolute atomic E-state index is 13.8. The molecular weight excluding hydrogens is 382 g/mol. The highest BCUT2D eigenvalue weighted by atomic mass is 32.2. The first kappa shape index (κ1) is 20.1. The Morgan fingerprint density at radius 3 is 2.21 bits per heavy atom. The van der Waals surface area contributed by atoms with Crippen molar-refractivity contribution in [3.8, 4) is 0 Å². The van der Waals surface area contributed by atoms with Gasteiger partial charge < -0.3 is 9.80 Å². The van der Waals surface area contributed by atoms with Crippen molar-refractivity contribution >= 4 is 29.7 Å². The number of hydrogen-bond donors (Lipinski definition) is 0. The van der Waals surface area contributed by atoms with Crippen LogP contribution in [0.5, 0.6) is 0 Å². The number of carbonyl (C=O) groups is 2. The first-order valence-corrected chi connectivity index (χ1v) is 10.1. The molecule has 0 radical (unpaired) electrons. The Labute approximate surface area is 166 Å². The second-order valence-electron chi connectivity index (χ2n) is 6.35. The average molecular weight is 402 g/mol. The predicted molar refractivity (Wildman–Crippen MR) is 106 cm³/mol. The van der Waals surface area contributed by atoms with Crippen LogP contribution in [0.1, 0.15) is 15.9 Å². The van der Waals surface area contributed by atoms with E-state index < -0.39 is 17.5 Å². The van der Waals surface area contributed by atoms with Gasteiger partial charge in [-0.1, -0.05) is 12.1 Å². The molecule has 0 atom stereocenters. The van der Waals surface area contributed by atoms with E-state index in [4.69, 9.17) is 0 Å². The maximum atomic E-state index is 13.8. The predicted octanol–water partition coefficient (Wildman–Crippen LogP) is 3.68. The highest BCUT2D eigenvalue weighted by molar-refractivity contribution is 7.98. The van der Waals surface area contributed by atoms with E-state index in [9.17, 15) is 18.4 Å². The van der Waals surface area contributed by atoms with Crippen molar-refractivity contribution in [3.63, 3.8) is 0 Å². The molecule has 0 N–H and O–H groups in total. The number of carbonyl (C=O) groups excluding carboxylic acids is 2. The molecule has 1 aliphatic rings. The fourth-order valence-electron chi connectivity index (χ4n) is 2.95. The van der Waals surface area contributed by atoms with Gasteiger partial charge in [0.1, 0.15) is 11.6 Å². The van der Waals surface area contributed by atoms with Crippen molar-refractivity contribution in [2.75, 3.05) is 32.4 Å². The van der Waals surface area contributed by atoms with Crippen LogP contribution in [-0.4, -0.2) is 54.0 Å². The molecule has 0 aliphatic carbocycles. The summed E-state index contributed by atoms with van der Waals surface area (Å²) < 4.78 is 26.8. The van der Waals surface area contributed by atoms with Crippen molar-refractivity contribution in [1.29, 1.82) is 0 Å². The maximum Gasteiger partial charge on any atom is 0.256 e. The lowest BCUT2D eigenvalue weighted by molar-refractivity contribution is -0.127. The summed E-state index contributed by atoms with van der Waals surface area (Å²) in [4.78, 5) is 29.1. The molecule has 0 aromatic heterocycles. The third-order valence-corrected chi connectivity index (χ3v) is 5.32. The molecule has 3 rings (SSSR count). The molecule has 7 heteroatoms. The SMILES string of the molecule is CSc1ccc(/C=C/C(=O)N2CCN(C(=O)c3ccc(F)cc3F)CC2)cc1. The fourth-order valence-corrected chi connectivity index (χ4v) is 3.36. The van der Waals surface area contributed by atoms with E-state index >= 15 is 0 Å². The minimum Gasteiger partial charge on any atom is -0.336 e. The van der Waals surface area contributed by atoms with E-state index in [2.05, 4.69) is 0 Å². The lowest BCUT2D eigenvalue weighted by Crippen LogP contribution is -2.50. The largest absolute Gasteiger partial charge is 0.336 e. The summed E-state index contributed by atoms with van der Waals surface area (Å²) in [5.41, 5.74) is 0.779. The average Bonchev–Trinajstić information content (AvgIpc) is 2.72. The van der Waals surface area contributed by atoms with Gasteiger partial charge in [-0.15, -0.1) is 11.8 Å². The third kappa shape index (κ3) is 4.78. The smallest absolute Gasteiger partial charge is 0.256 e. The van der Waals surface area contributed by atoms with Crippen LogP contribution in [0, 0.1) is 11.6 Å². The molecule has 0 bridgehead atoms. The van der Waals surface area contributed by atoms with E-state index in [-0.39, 0.29) is 11.5 Å². The van der Waals surface area contributed by atoms with Gasteiger partial charge in [-0.05, 0) is 42.2 Å². The van der Waals surface area contributed by atoms with Crippen molar-refractivity contribution in [1.82, 2.24) is 9.80 Å². The number of halogens is 2. The van der Waals surface area contributed by atoms with E-state index in [0.29, 0.717) is 32.2 Å². The van der Waals surface area contributed by atoms with Gasteiger partial charge in [0.25, 0.3) is 5.91 Å². The zero-order valence-electron chi connectivity index (χ0n) is 15.4. The Bertz CT molecular complexity index is 892. The van der Waals surface area contributed by atoms with Gasteiger partial charge in [-0.2, -0.15) is 0 Å². The van der Waals surface area contributed by atoms with Gasteiger partial charge in [0.2, 0.25) is 5.91 Å². The van der Waals surface area contributed by atoms with Gasteiger partial charge in [-0.25, -0.2) is 8.78 Å². The lowest BCUT2D eigenvalue weighted by Gasteiger charge is -2.34. The molecule has 2 aromatic rings. The molecule has 0 saturated carbocycles. The molecule has 1 saturated heterocycles. The molecule has 146 valence electrons. The molecule has 2 amide bonds. The number of benzene rings is 2. The highest BCUT2D eigenvalue weighted by Crippen LogP contribution is 2.16. The molecule has 1 fully saturated rings. The van der Waals surface area contributed by atoms with Crippen molar-refractivity contribution in [3.05, 3.63) is 71.3 Å². The standard InChI is InChI=1S/C21H20F2N2O2S/c1-28-17-6-2-15(3-7-17)4-9-20(26)24-10-12-25(13-11-24)21(27)18-8-5-16(22)14-19(18)23/h2-9,14H,10-13H2,1H3/b9-4+. The number of amides is 2. The van der Waals surface area contributed by atoms with Crippen LogP contribution in [-0.2, 0) is 4.79 Å². The summed E-state index contributed by atoms with van der Waals surface area (Å²) in [7, 11) is 0. The number of piperazine rings is 1. The third-order valence-electron chi connectivity index (χ3n) is 4.57. The molecule has 1 aliphatic heterocycles. The van der Waals surface area contributed by atoms with Crippen LogP contribution >= 0.6 is 11.8 Å². The van der Waals surface area contributed by atoms with Crippen LogP contribution in [0.15, 0.2) is 53.4 Å². The second-order valence-corrected chi connectivity index (χ2v) is 7.23. The molecule has 0 spiro atoms. The van der Waals surface area contributed by atoms with Gasteiger partial charge in [-0.3, -0.25) is 9.59 Å². The summed E-state index contributed by atoms with van der Waals surface area (Å²) in [5, 5.41) is 0. The summed E-state index contributed by atoms with van der Waals surface area (Å²) in [6.07, 6.45) is 5.28. The van der Waals surface area contributed by atoms with Crippen LogP contribution < -0.4 is 0 Å². The molecule has 28 heavy (non-hydrogen) atoms. The van der Waals surface area contributed by atoms with Crippen LogP contribution in [0.3, 0.4) is 0 Å². The Morgan fingerprint density at radius 2 is 1.61 bits per heavy atom. The Hall–Kier alpha value is -2.67. The Morgan fingerprint density at radius 1 is 0.964 bits per heavy atom. The lowest BCUT2D eigenvalue weighted by atomic mass is 10.1. The van der Waals surface area contributed by atoms with E-state index in [0.717, 1.165) is 22.6 Å². The molecular formula is C21H20F2N2O2S. The molecule has 2 aromatic carbocycles. The number of nitrogens with zero attached hydrogens (tertiary/aromatic N) is 2. The first-order chi connectivity index (χ1) is 13.5. The monoisotopic (exact) mass is 402 g/mol. The quantitative estimate of drug-likeness (QED) is 0.579. The minimum absolute atomic E-state index is 0.131.